The van der Waals surface area contributed by atoms with Gasteiger partial charge in [-0.1, -0.05) is 15.9 Å². The normalized spacial score (nSPS) is 16.4. The summed E-state index contributed by atoms with van der Waals surface area (Å²) < 4.78 is 12.8. The highest BCUT2D eigenvalue weighted by Crippen LogP contribution is 2.35. The number of fused-ring (bicyclic) bond motifs is 1. The second-order valence-corrected chi connectivity index (χ2v) is 10.3. The third kappa shape index (κ3) is 5.82. The minimum Gasteiger partial charge on any atom is -0.493 e. The van der Waals surface area contributed by atoms with Gasteiger partial charge < -0.3 is 24.6 Å². The second kappa shape index (κ2) is 11.6. The summed E-state index contributed by atoms with van der Waals surface area (Å²) in [6.07, 6.45) is 4.19. The van der Waals surface area contributed by atoms with Gasteiger partial charge in [0.2, 0.25) is 0 Å². The molecular weight excluding hydrogens is 540 g/mol. The van der Waals surface area contributed by atoms with Crippen molar-refractivity contribution in [2.75, 3.05) is 69.7 Å². The Balaban J connectivity index is 1.24. The first-order valence-corrected chi connectivity index (χ1v) is 13.6. The number of aromatic nitrogens is 2. The highest BCUT2D eigenvalue weighted by Gasteiger charge is 2.23. The number of methoxy groups -OCH3 is 1. The van der Waals surface area contributed by atoms with Gasteiger partial charge in [-0.3, -0.25) is 4.90 Å². The molecule has 36 heavy (non-hydrogen) atoms. The molecule has 10 heteroatoms. The molecule has 1 N–H and O–H groups in total. The standard InChI is InChI=1S/C26H31BrN6O2S/c1-34-23-16-21-22(17-24(23)35-15-14-31-8-2-3-9-31)28-18-29-25(21)32-10-12-33(13-11-32)26(36)30-20-6-4-19(27)5-7-20/h4-7,16-18H,2-3,8-15H2,1H3,(H,30,36). The third-order valence-corrected chi connectivity index (χ3v) is 7.61. The first kappa shape index (κ1) is 25.0. The molecule has 2 saturated heterocycles. The molecule has 0 amide bonds. The summed E-state index contributed by atoms with van der Waals surface area (Å²) in [6.45, 7) is 7.12. The smallest absolute Gasteiger partial charge is 0.173 e. The zero-order valence-corrected chi connectivity index (χ0v) is 22.9. The van der Waals surface area contributed by atoms with Gasteiger partial charge in [-0.05, 0) is 68.5 Å². The van der Waals surface area contributed by atoms with Crippen LogP contribution in [-0.2, 0) is 0 Å². The summed E-state index contributed by atoms with van der Waals surface area (Å²) in [5, 5.41) is 5.04. The maximum Gasteiger partial charge on any atom is 0.173 e. The van der Waals surface area contributed by atoms with Gasteiger partial charge >= 0.3 is 0 Å². The topological polar surface area (TPSA) is 66.0 Å². The van der Waals surface area contributed by atoms with E-state index in [1.54, 1.807) is 13.4 Å². The fraction of sp³-hybridized carbons (Fsp3) is 0.423. The SMILES string of the molecule is COc1cc2c(N3CCN(C(=S)Nc4ccc(Br)cc4)CC3)ncnc2cc1OCCN1CCCC1. The number of ether oxygens (including phenoxy) is 2. The van der Waals surface area contributed by atoms with Crippen LogP contribution in [0.4, 0.5) is 11.5 Å². The van der Waals surface area contributed by atoms with Crippen LogP contribution in [0, 0.1) is 0 Å². The van der Waals surface area contributed by atoms with E-state index in [0.717, 1.165) is 83.6 Å². The molecule has 3 aromatic rings. The number of nitrogens with one attached hydrogen (secondary N) is 1. The summed E-state index contributed by atoms with van der Waals surface area (Å²) in [5.41, 5.74) is 1.84. The number of hydrogen-bond donors (Lipinski definition) is 1. The summed E-state index contributed by atoms with van der Waals surface area (Å²) in [7, 11) is 1.68. The van der Waals surface area contributed by atoms with E-state index in [9.17, 15) is 0 Å². The molecule has 0 aliphatic carbocycles. The highest BCUT2D eigenvalue weighted by atomic mass is 79.9. The van der Waals surface area contributed by atoms with Crippen LogP contribution in [-0.4, -0.2) is 84.4 Å². The van der Waals surface area contributed by atoms with Crippen molar-refractivity contribution in [3.63, 3.8) is 0 Å². The molecule has 8 nitrogen and oxygen atoms in total. The molecule has 0 atom stereocenters. The van der Waals surface area contributed by atoms with Crippen LogP contribution in [0.2, 0.25) is 0 Å². The zero-order valence-electron chi connectivity index (χ0n) is 20.5. The molecule has 2 aliphatic rings. The van der Waals surface area contributed by atoms with Crippen molar-refractivity contribution in [1.82, 2.24) is 19.8 Å². The Morgan fingerprint density at radius 2 is 1.75 bits per heavy atom. The Hall–Kier alpha value is -2.69. The number of piperazine rings is 1. The Kier molecular flexibility index (Phi) is 8.03. The predicted molar refractivity (Wildman–Crippen MR) is 151 cm³/mol. The molecule has 5 rings (SSSR count). The van der Waals surface area contributed by atoms with E-state index in [4.69, 9.17) is 21.7 Å². The lowest BCUT2D eigenvalue weighted by atomic mass is 10.2. The molecule has 0 bridgehead atoms. The zero-order chi connectivity index (χ0) is 24.9. The molecule has 2 fully saturated rings. The van der Waals surface area contributed by atoms with Crippen molar-refractivity contribution in [3.8, 4) is 11.5 Å². The van der Waals surface area contributed by atoms with E-state index < -0.39 is 0 Å². The van der Waals surface area contributed by atoms with Crippen LogP contribution >= 0.6 is 28.1 Å². The Bertz CT molecular complexity index is 1200. The molecule has 190 valence electrons. The second-order valence-electron chi connectivity index (χ2n) is 9.03. The average molecular weight is 572 g/mol. The van der Waals surface area contributed by atoms with Crippen LogP contribution in [0.5, 0.6) is 11.5 Å². The van der Waals surface area contributed by atoms with Gasteiger partial charge in [-0.15, -0.1) is 0 Å². The molecular formula is C26H31BrN6O2S. The van der Waals surface area contributed by atoms with Crippen LogP contribution < -0.4 is 19.7 Å². The summed E-state index contributed by atoms with van der Waals surface area (Å²) in [4.78, 5) is 16.1. The number of hydrogen-bond acceptors (Lipinski definition) is 7. The molecule has 3 heterocycles. The van der Waals surface area contributed by atoms with Crippen molar-refractivity contribution in [3.05, 3.63) is 47.2 Å². The van der Waals surface area contributed by atoms with Crippen LogP contribution in [0.3, 0.4) is 0 Å². The van der Waals surface area contributed by atoms with Gasteiger partial charge in [0.05, 0.1) is 12.6 Å². The monoisotopic (exact) mass is 570 g/mol. The van der Waals surface area contributed by atoms with Crippen LogP contribution in [0.25, 0.3) is 10.9 Å². The van der Waals surface area contributed by atoms with Crippen molar-refractivity contribution >= 4 is 55.7 Å². The van der Waals surface area contributed by atoms with Crippen molar-refractivity contribution in [1.29, 1.82) is 0 Å². The van der Waals surface area contributed by atoms with Gasteiger partial charge in [-0.25, -0.2) is 9.97 Å². The van der Waals surface area contributed by atoms with Crippen LogP contribution in [0.15, 0.2) is 47.2 Å². The predicted octanol–water partition coefficient (Wildman–Crippen LogP) is 4.39. The average Bonchev–Trinajstić information content (AvgIpc) is 3.43. The lowest BCUT2D eigenvalue weighted by Crippen LogP contribution is -2.50. The van der Waals surface area contributed by atoms with Crippen molar-refractivity contribution in [2.24, 2.45) is 0 Å². The minimum absolute atomic E-state index is 0.635. The minimum atomic E-state index is 0.635. The molecule has 0 unspecified atom stereocenters. The van der Waals surface area contributed by atoms with Gasteiger partial charge in [0.1, 0.15) is 18.8 Å². The molecule has 1 aromatic heterocycles. The molecule has 0 radical (unpaired) electrons. The number of halogens is 1. The summed E-state index contributed by atoms with van der Waals surface area (Å²) in [5.74, 6) is 2.34. The van der Waals surface area contributed by atoms with Crippen molar-refractivity contribution < 1.29 is 9.47 Å². The van der Waals surface area contributed by atoms with E-state index >= 15 is 0 Å². The number of likely N-dealkylation sites (tertiary alicyclic amines) is 1. The first-order valence-electron chi connectivity index (χ1n) is 12.3. The van der Waals surface area contributed by atoms with Gasteiger partial charge in [0, 0.05) is 54.3 Å². The largest absolute Gasteiger partial charge is 0.493 e. The maximum atomic E-state index is 6.11. The number of thiocarbonyl (C=S) groups is 1. The summed E-state index contributed by atoms with van der Waals surface area (Å²) in [6, 6.07) is 12.0. The van der Waals surface area contributed by atoms with E-state index in [1.807, 2.05) is 36.4 Å². The van der Waals surface area contributed by atoms with Gasteiger partial charge in [0.25, 0.3) is 0 Å². The lowest BCUT2D eigenvalue weighted by Gasteiger charge is -2.37. The number of nitrogens with zero attached hydrogens (tertiary/aromatic N) is 5. The Morgan fingerprint density at radius 1 is 1.00 bits per heavy atom. The molecule has 0 saturated carbocycles. The maximum absolute atomic E-state index is 6.11. The van der Waals surface area contributed by atoms with E-state index in [1.165, 1.54) is 12.8 Å². The van der Waals surface area contributed by atoms with E-state index in [0.29, 0.717) is 12.4 Å². The molecule has 2 aliphatic heterocycles. The number of benzene rings is 2. The Labute approximate surface area is 225 Å². The molecule has 0 spiro atoms. The van der Waals surface area contributed by atoms with E-state index in [2.05, 4.69) is 45.9 Å². The first-order chi connectivity index (χ1) is 17.6. The molecule has 2 aromatic carbocycles. The summed E-state index contributed by atoms with van der Waals surface area (Å²) >= 11 is 9.13. The fourth-order valence-electron chi connectivity index (χ4n) is 4.72. The van der Waals surface area contributed by atoms with Crippen molar-refractivity contribution in [2.45, 2.75) is 12.8 Å². The van der Waals surface area contributed by atoms with E-state index in [-0.39, 0.29) is 0 Å². The van der Waals surface area contributed by atoms with Gasteiger partial charge in [0.15, 0.2) is 16.6 Å². The van der Waals surface area contributed by atoms with Gasteiger partial charge in [-0.2, -0.15) is 0 Å². The number of anilines is 2. The lowest BCUT2D eigenvalue weighted by molar-refractivity contribution is 0.230. The van der Waals surface area contributed by atoms with Crippen LogP contribution in [0.1, 0.15) is 12.8 Å². The third-order valence-electron chi connectivity index (χ3n) is 6.73. The fourth-order valence-corrected chi connectivity index (χ4v) is 5.29. The highest BCUT2D eigenvalue weighted by molar-refractivity contribution is 9.10. The Morgan fingerprint density at radius 3 is 2.47 bits per heavy atom. The quantitative estimate of drug-likeness (QED) is 0.416. The number of rotatable bonds is 7.